The number of hydrogen-bond acceptors (Lipinski definition) is 7. The molecule has 2 bridgehead atoms. The molecule has 2 fully saturated rings. The highest BCUT2D eigenvalue weighted by Gasteiger charge is 2.41. The highest BCUT2D eigenvalue weighted by atomic mass is 35.5. The number of amides is 2. The third-order valence-corrected chi connectivity index (χ3v) is 7.94. The van der Waals surface area contributed by atoms with E-state index in [-0.39, 0.29) is 28.6 Å². The van der Waals surface area contributed by atoms with Crippen LogP contribution in [-0.2, 0) is 15.7 Å². The summed E-state index contributed by atoms with van der Waals surface area (Å²) in [7, 11) is 0. The van der Waals surface area contributed by atoms with Gasteiger partial charge in [0, 0.05) is 37.7 Å². The number of ether oxygens (including phenoxy) is 3. The zero-order valence-corrected chi connectivity index (χ0v) is 24.0. The van der Waals surface area contributed by atoms with E-state index >= 15 is 0 Å². The van der Waals surface area contributed by atoms with E-state index in [4.69, 9.17) is 25.8 Å². The van der Waals surface area contributed by atoms with E-state index in [1.807, 2.05) is 0 Å². The minimum atomic E-state index is -4.52. The summed E-state index contributed by atoms with van der Waals surface area (Å²) < 4.78 is 57.3. The largest absolute Gasteiger partial charge is 0.478 e. The maximum atomic E-state index is 13.7. The van der Waals surface area contributed by atoms with Gasteiger partial charge in [0.2, 0.25) is 5.88 Å². The number of aromatic nitrogens is 2. The first kappa shape index (κ1) is 29.5. The Morgan fingerprint density at radius 3 is 2.77 bits per heavy atom. The lowest BCUT2D eigenvalue weighted by atomic mass is 10.1. The topological polar surface area (TPSA) is 89.0 Å². The van der Waals surface area contributed by atoms with E-state index in [0.717, 1.165) is 38.0 Å². The smallest absolute Gasteiger partial charge is 0.416 e. The number of nitrogens with zero attached hydrogens (tertiary/aromatic N) is 4. The highest BCUT2D eigenvalue weighted by Crippen LogP contribution is 2.43. The second-order valence-corrected chi connectivity index (χ2v) is 11.1. The number of carbonyl (C=O) groups is 1. The Balaban J connectivity index is 1.16. The third-order valence-electron chi connectivity index (χ3n) is 7.65. The van der Waals surface area contributed by atoms with Crippen molar-refractivity contribution in [1.29, 1.82) is 0 Å². The van der Waals surface area contributed by atoms with E-state index in [0.29, 0.717) is 62.3 Å². The summed E-state index contributed by atoms with van der Waals surface area (Å²) in [5, 5.41) is 3.04. The second kappa shape index (κ2) is 12.6. The van der Waals surface area contributed by atoms with Crippen molar-refractivity contribution in [3.8, 4) is 17.1 Å². The standard InChI is InChI=1S/C30H31ClF3N5O4/c31-22-17-23-28(37-27(22)19-6-3-7-20(16-19)30(32,33)34)39(21-11-12-38(23)18-21)29(40)36-24-8-4-9-25(35-24)41-14-5-15-43-26-10-1-2-13-42-26/h3-4,6-9,16-17,21,26H,1-2,5,10-15,18H2,(H,35,36,40)/t21-,26?/m0/s1. The zero-order valence-electron chi connectivity index (χ0n) is 23.3. The molecule has 1 N–H and O–H groups in total. The van der Waals surface area contributed by atoms with Crippen molar-refractivity contribution in [3.05, 3.63) is 59.1 Å². The first-order chi connectivity index (χ1) is 20.8. The molecule has 1 aromatic carbocycles. The van der Waals surface area contributed by atoms with Crippen LogP contribution in [0.2, 0.25) is 5.02 Å². The number of rotatable bonds is 8. The van der Waals surface area contributed by atoms with Crippen LogP contribution in [0.3, 0.4) is 0 Å². The van der Waals surface area contributed by atoms with Gasteiger partial charge >= 0.3 is 12.2 Å². The molecule has 2 saturated heterocycles. The van der Waals surface area contributed by atoms with Crippen LogP contribution < -0.4 is 19.9 Å². The summed E-state index contributed by atoms with van der Waals surface area (Å²) >= 11 is 6.55. The van der Waals surface area contributed by atoms with Crippen LogP contribution in [0.4, 0.5) is 35.3 Å². The number of urea groups is 1. The SMILES string of the molecule is O=C(Nc1cccc(OCCCOC2CCCCO2)n1)N1c2nc(-c3cccc(C(F)(F)F)c3)c(Cl)cc2N2CC[C@H]1C2. The van der Waals surface area contributed by atoms with Crippen molar-refractivity contribution in [1.82, 2.24) is 9.97 Å². The molecule has 2 aromatic heterocycles. The Labute approximate surface area is 251 Å². The lowest BCUT2D eigenvalue weighted by Crippen LogP contribution is -2.48. The predicted molar refractivity (Wildman–Crippen MR) is 156 cm³/mol. The summed E-state index contributed by atoms with van der Waals surface area (Å²) in [5.41, 5.74) is 0.215. The van der Waals surface area contributed by atoms with Crippen LogP contribution >= 0.6 is 11.6 Å². The molecule has 0 spiro atoms. The van der Waals surface area contributed by atoms with Crippen molar-refractivity contribution in [2.24, 2.45) is 0 Å². The lowest BCUT2D eigenvalue weighted by molar-refractivity contribution is -0.163. The van der Waals surface area contributed by atoms with Gasteiger partial charge in [-0.05, 0) is 49.9 Å². The number of alkyl halides is 3. The number of hydrogen-bond donors (Lipinski definition) is 1. The molecular formula is C30H31ClF3N5O4. The van der Waals surface area contributed by atoms with Gasteiger partial charge < -0.3 is 19.1 Å². The number of halogens is 4. The molecule has 6 rings (SSSR count). The molecule has 0 aliphatic carbocycles. The Kier molecular flexibility index (Phi) is 8.60. The number of fused-ring (bicyclic) bond motifs is 4. The number of anilines is 3. The molecule has 0 radical (unpaired) electrons. The van der Waals surface area contributed by atoms with Crippen LogP contribution in [0.5, 0.6) is 5.88 Å². The monoisotopic (exact) mass is 617 g/mol. The molecule has 43 heavy (non-hydrogen) atoms. The summed E-state index contributed by atoms with van der Waals surface area (Å²) in [6.07, 6.45) is -0.239. The quantitative estimate of drug-likeness (QED) is 0.279. The van der Waals surface area contributed by atoms with Gasteiger partial charge in [-0.15, -0.1) is 0 Å². The molecule has 1 unspecified atom stereocenters. The van der Waals surface area contributed by atoms with Crippen LogP contribution in [0.25, 0.3) is 11.3 Å². The van der Waals surface area contributed by atoms with Gasteiger partial charge in [-0.3, -0.25) is 10.2 Å². The molecule has 2 atom stereocenters. The van der Waals surface area contributed by atoms with Gasteiger partial charge in [0.25, 0.3) is 0 Å². The summed E-state index contributed by atoms with van der Waals surface area (Å²) in [6.45, 7) is 2.91. The molecular weight excluding hydrogens is 587 g/mol. The number of nitrogens with one attached hydrogen (secondary N) is 1. The molecule has 9 nitrogen and oxygen atoms in total. The van der Waals surface area contributed by atoms with Gasteiger partial charge in [0.15, 0.2) is 12.1 Å². The average molecular weight is 618 g/mol. The molecule has 228 valence electrons. The molecule has 3 aliphatic rings. The normalized spacial score (nSPS) is 19.7. The van der Waals surface area contributed by atoms with Crippen LogP contribution in [-0.4, -0.2) is 61.2 Å². The van der Waals surface area contributed by atoms with Crippen molar-refractivity contribution in [2.75, 3.05) is 48.0 Å². The van der Waals surface area contributed by atoms with Crippen LogP contribution in [0.1, 0.15) is 37.7 Å². The number of benzene rings is 1. The van der Waals surface area contributed by atoms with E-state index in [1.54, 1.807) is 29.2 Å². The molecule has 3 aromatic rings. The van der Waals surface area contributed by atoms with Gasteiger partial charge in [0.05, 0.1) is 41.2 Å². The van der Waals surface area contributed by atoms with Crippen molar-refractivity contribution >= 4 is 35.0 Å². The molecule has 5 heterocycles. The van der Waals surface area contributed by atoms with Gasteiger partial charge in [-0.1, -0.05) is 29.8 Å². The number of pyridine rings is 2. The fraction of sp³-hybridized carbons (Fsp3) is 0.433. The molecule has 0 saturated carbocycles. The maximum Gasteiger partial charge on any atom is 0.416 e. The Hall–Kier alpha value is -3.61. The van der Waals surface area contributed by atoms with Crippen molar-refractivity contribution in [3.63, 3.8) is 0 Å². The van der Waals surface area contributed by atoms with Gasteiger partial charge in [-0.25, -0.2) is 9.78 Å². The van der Waals surface area contributed by atoms with E-state index < -0.39 is 17.8 Å². The fourth-order valence-corrected chi connectivity index (χ4v) is 5.81. The molecule has 13 heteroatoms. The molecule has 3 aliphatic heterocycles. The second-order valence-electron chi connectivity index (χ2n) is 10.7. The lowest BCUT2D eigenvalue weighted by Gasteiger charge is -2.36. The Morgan fingerprint density at radius 1 is 1.09 bits per heavy atom. The minimum Gasteiger partial charge on any atom is -0.478 e. The van der Waals surface area contributed by atoms with Crippen molar-refractivity contribution < 1.29 is 32.2 Å². The van der Waals surface area contributed by atoms with Gasteiger partial charge in [-0.2, -0.15) is 18.2 Å². The first-order valence-corrected chi connectivity index (χ1v) is 14.7. The summed E-state index contributed by atoms with van der Waals surface area (Å²) in [4.78, 5) is 26.4. The van der Waals surface area contributed by atoms with E-state index in [2.05, 4.69) is 20.2 Å². The number of carbonyl (C=O) groups excluding carboxylic acids is 1. The van der Waals surface area contributed by atoms with E-state index in [9.17, 15) is 18.0 Å². The third kappa shape index (κ3) is 6.66. The van der Waals surface area contributed by atoms with Crippen molar-refractivity contribution in [2.45, 2.75) is 50.6 Å². The summed E-state index contributed by atoms with van der Waals surface area (Å²) in [6, 6.07) is 11.0. The highest BCUT2D eigenvalue weighted by molar-refractivity contribution is 6.33. The predicted octanol–water partition coefficient (Wildman–Crippen LogP) is 6.76. The summed E-state index contributed by atoms with van der Waals surface area (Å²) in [5.74, 6) is 0.982. The maximum absolute atomic E-state index is 13.7. The van der Waals surface area contributed by atoms with E-state index in [1.165, 1.54) is 12.1 Å². The average Bonchev–Trinajstić information content (AvgIpc) is 3.42. The van der Waals surface area contributed by atoms with Crippen LogP contribution in [0.15, 0.2) is 48.5 Å². The molecule has 2 amide bonds. The fourth-order valence-electron chi connectivity index (χ4n) is 5.56. The van der Waals surface area contributed by atoms with Gasteiger partial charge in [0.1, 0.15) is 5.82 Å². The zero-order chi connectivity index (χ0) is 30.0. The Bertz CT molecular complexity index is 1470. The minimum absolute atomic E-state index is 0.149. The Morgan fingerprint density at radius 2 is 1.95 bits per heavy atom. The first-order valence-electron chi connectivity index (χ1n) is 14.3. The van der Waals surface area contributed by atoms with Crippen LogP contribution in [0, 0.1) is 0 Å².